The number of carbonyl (C=O) groups is 1. The van der Waals surface area contributed by atoms with Gasteiger partial charge in [0.15, 0.2) is 0 Å². The number of aryl methyl sites for hydroxylation is 1. The van der Waals surface area contributed by atoms with Crippen LogP contribution in [0.3, 0.4) is 0 Å². The van der Waals surface area contributed by atoms with Crippen molar-refractivity contribution < 1.29 is 9.90 Å². The van der Waals surface area contributed by atoms with Crippen molar-refractivity contribution >= 4 is 17.0 Å². The second-order valence-corrected chi connectivity index (χ2v) is 5.03. The first-order chi connectivity index (χ1) is 10.1. The van der Waals surface area contributed by atoms with E-state index in [2.05, 4.69) is 15.1 Å². The van der Waals surface area contributed by atoms with Crippen LogP contribution in [0.2, 0.25) is 0 Å². The molecule has 0 spiro atoms. The highest BCUT2D eigenvalue weighted by Gasteiger charge is 2.15. The first kappa shape index (κ1) is 13.4. The van der Waals surface area contributed by atoms with E-state index in [1.54, 1.807) is 4.68 Å². The molecule has 0 bridgehead atoms. The van der Waals surface area contributed by atoms with Gasteiger partial charge in [-0.2, -0.15) is 5.10 Å². The summed E-state index contributed by atoms with van der Waals surface area (Å²) in [4.78, 5) is 18.5. The fraction of sp³-hybridized carbons (Fsp3) is 0.267. The van der Waals surface area contributed by atoms with Crippen molar-refractivity contribution in [3.63, 3.8) is 0 Å². The highest BCUT2D eigenvalue weighted by Crippen LogP contribution is 2.20. The number of imidazole rings is 1. The lowest BCUT2D eigenvalue weighted by Gasteiger charge is -2.01. The van der Waals surface area contributed by atoms with Crippen LogP contribution >= 0.6 is 0 Å². The third-order valence-corrected chi connectivity index (χ3v) is 3.61. The molecule has 0 radical (unpaired) electrons. The van der Waals surface area contributed by atoms with Crippen molar-refractivity contribution in [2.24, 2.45) is 0 Å². The summed E-state index contributed by atoms with van der Waals surface area (Å²) in [6, 6.07) is 7.78. The molecular formula is C15H16N4O2. The van der Waals surface area contributed by atoms with E-state index in [1.807, 2.05) is 38.1 Å². The van der Waals surface area contributed by atoms with Crippen molar-refractivity contribution in [3.8, 4) is 5.95 Å². The number of H-pyrrole nitrogens is 1. The molecule has 108 valence electrons. The van der Waals surface area contributed by atoms with Gasteiger partial charge in [-0.05, 0) is 38.0 Å². The molecule has 0 saturated carbocycles. The molecule has 0 aliphatic heterocycles. The second kappa shape index (κ2) is 5.05. The topological polar surface area (TPSA) is 83.8 Å². The summed E-state index contributed by atoms with van der Waals surface area (Å²) in [5.41, 5.74) is 4.57. The molecule has 0 atom stereocenters. The lowest BCUT2D eigenvalue weighted by Crippen LogP contribution is -2.02. The van der Waals surface area contributed by atoms with E-state index < -0.39 is 5.97 Å². The van der Waals surface area contributed by atoms with Crippen LogP contribution in [0.15, 0.2) is 24.3 Å². The van der Waals surface area contributed by atoms with E-state index in [1.165, 1.54) is 0 Å². The minimum Gasteiger partial charge on any atom is -0.481 e. The number of carboxylic acids is 1. The van der Waals surface area contributed by atoms with Crippen LogP contribution in [0.4, 0.5) is 0 Å². The van der Waals surface area contributed by atoms with Gasteiger partial charge < -0.3 is 10.1 Å². The number of hydrogen-bond donors (Lipinski definition) is 2. The van der Waals surface area contributed by atoms with Gasteiger partial charge in [0.2, 0.25) is 5.95 Å². The largest absolute Gasteiger partial charge is 0.481 e. The summed E-state index contributed by atoms with van der Waals surface area (Å²) < 4.78 is 1.74. The van der Waals surface area contributed by atoms with E-state index in [0.29, 0.717) is 12.4 Å². The standard InChI is InChI=1S/C15H16N4O2/c1-9-11(7-8-14(20)21)10(2)19(18-9)15-16-12-5-3-4-6-13(12)17-15/h3-6H,7-8H2,1-2H3,(H,16,17)(H,20,21). The molecule has 0 amide bonds. The molecule has 6 heteroatoms. The number of fused-ring (bicyclic) bond motifs is 1. The van der Waals surface area contributed by atoms with E-state index in [-0.39, 0.29) is 6.42 Å². The number of nitrogens with zero attached hydrogens (tertiary/aromatic N) is 3. The Morgan fingerprint density at radius 3 is 2.81 bits per heavy atom. The van der Waals surface area contributed by atoms with E-state index in [9.17, 15) is 4.79 Å². The first-order valence-corrected chi connectivity index (χ1v) is 6.78. The zero-order valence-electron chi connectivity index (χ0n) is 11.9. The van der Waals surface area contributed by atoms with Gasteiger partial charge in [0.05, 0.1) is 16.7 Å². The number of rotatable bonds is 4. The summed E-state index contributed by atoms with van der Waals surface area (Å²) in [6.07, 6.45) is 0.584. The highest BCUT2D eigenvalue weighted by atomic mass is 16.4. The Morgan fingerprint density at radius 1 is 1.33 bits per heavy atom. The van der Waals surface area contributed by atoms with Gasteiger partial charge >= 0.3 is 5.97 Å². The average molecular weight is 284 g/mol. The van der Waals surface area contributed by atoms with E-state index in [4.69, 9.17) is 5.11 Å². The van der Waals surface area contributed by atoms with Crippen LogP contribution in [0.1, 0.15) is 23.4 Å². The number of aromatic nitrogens is 4. The number of hydrogen-bond acceptors (Lipinski definition) is 3. The summed E-state index contributed by atoms with van der Waals surface area (Å²) in [6.45, 7) is 3.83. The van der Waals surface area contributed by atoms with Gasteiger partial charge in [0.25, 0.3) is 0 Å². The van der Waals surface area contributed by atoms with E-state index in [0.717, 1.165) is 28.0 Å². The Bertz CT molecular complexity index is 783. The number of para-hydroxylation sites is 2. The molecule has 2 aromatic heterocycles. The first-order valence-electron chi connectivity index (χ1n) is 6.78. The lowest BCUT2D eigenvalue weighted by molar-refractivity contribution is -0.136. The molecule has 0 aliphatic carbocycles. The fourth-order valence-corrected chi connectivity index (χ4v) is 2.51. The lowest BCUT2D eigenvalue weighted by atomic mass is 10.1. The Hall–Kier alpha value is -2.63. The molecule has 1 aromatic carbocycles. The zero-order chi connectivity index (χ0) is 15.0. The number of aromatic amines is 1. The molecule has 21 heavy (non-hydrogen) atoms. The zero-order valence-corrected chi connectivity index (χ0v) is 11.9. The van der Waals surface area contributed by atoms with E-state index >= 15 is 0 Å². The van der Waals surface area contributed by atoms with Gasteiger partial charge in [-0.1, -0.05) is 12.1 Å². The molecule has 6 nitrogen and oxygen atoms in total. The fourth-order valence-electron chi connectivity index (χ4n) is 2.51. The number of aliphatic carboxylic acids is 1. The normalized spacial score (nSPS) is 11.1. The van der Waals surface area contributed by atoms with Crippen LogP contribution in [0, 0.1) is 13.8 Å². The molecule has 0 aliphatic rings. The predicted molar refractivity (Wildman–Crippen MR) is 78.6 cm³/mol. The summed E-state index contributed by atoms with van der Waals surface area (Å²) in [7, 11) is 0. The maximum atomic E-state index is 10.7. The monoisotopic (exact) mass is 284 g/mol. The quantitative estimate of drug-likeness (QED) is 0.770. The molecule has 0 saturated heterocycles. The minimum atomic E-state index is -0.801. The number of nitrogens with one attached hydrogen (secondary N) is 1. The summed E-state index contributed by atoms with van der Waals surface area (Å²) in [5.74, 6) is -0.149. The van der Waals surface area contributed by atoms with Crippen molar-refractivity contribution in [2.45, 2.75) is 26.7 Å². The Labute approximate surface area is 121 Å². The number of carboxylic acid groups (broad SMARTS) is 1. The highest BCUT2D eigenvalue weighted by molar-refractivity contribution is 5.76. The number of benzene rings is 1. The third kappa shape index (κ3) is 2.40. The van der Waals surface area contributed by atoms with Crippen molar-refractivity contribution in [1.29, 1.82) is 0 Å². The third-order valence-electron chi connectivity index (χ3n) is 3.61. The Morgan fingerprint density at radius 2 is 2.10 bits per heavy atom. The molecule has 2 heterocycles. The second-order valence-electron chi connectivity index (χ2n) is 5.03. The van der Waals surface area contributed by atoms with Gasteiger partial charge in [0.1, 0.15) is 0 Å². The van der Waals surface area contributed by atoms with Crippen molar-refractivity contribution in [3.05, 3.63) is 41.2 Å². The van der Waals surface area contributed by atoms with Gasteiger partial charge in [-0.3, -0.25) is 4.79 Å². The van der Waals surface area contributed by atoms with Gasteiger partial charge in [-0.15, -0.1) is 0 Å². The van der Waals surface area contributed by atoms with Crippen LogP contribution in [-0.4, -0.2) is 30.8 Å². The van der Waals surface area contributed by atoms with Crippen LogP contribution in [0.25, 0.3) is 17.0 Å². The summed E-state index contributed by atoms with van der Waals surface area (Å²) >= 11 is 0. The maximum absolute atomic E-state index is 10.7. The smallest absolute Gasteiger partial charge is 0.303 e. The van der Waals surface area contributed by atoms with Crippen molar-refractivity contribution in [2.75, 3.05) is 0 Å². The summed E-state index contributed by atoms with van der Waals surface area (Å²) in [5, 5.41) is 13.3. The predicted octanol–water partition coefficient (Wildman–Crippen LogP) is 2.38. The Balaban J connectivity index is 2.02. The average Bonchev–Trinajstić information content (AvgIpc) is 2.98. The Kier molecular flexibility index (Phi) is 3.21. The molecule has 2 N–H and O–H groups in total. The molecule has 0 fully saturated rings. The van der Waals surface area contributed by atoms with Gasteiger partial charge in [0, 0.05) is 12.1 Å². The SMILES string of the molecule is Cc1nn(-c2nc3ccccc3[nH]2)c(C)c1CCC(=O)O. The minimum absolute atomic E-state index is 0.105. The molecule has 3 aromatic rings. The van der Waals surface area contributed by atoms with Crippen molar-refractivity contribution in [1.82, 2.24) is 19.7 Å². The molecular weight excluding hydrogens is 268 g/mol. The van der Waals surface area contributed by atoms with Gasteiger partial charge in [-0.25, -0.2) is 9.67 Å². The van der Waals surface area contributed by atoms with Crippen LogP contribution in [0.5, 0.6) is 0 Å². The van der Waals surface area contributed by atoms with Crippen LogP contribution < -0.4 is 0 Å². The molecule has 0 unspecified atom stereocenters. The maximum Gasteiger partial charge on any atom is 0.303 e. The van der Waals surface area contributed by atoms with Crippen LogP contribution in [-0.2, 0) is 11.2 Å². The molecule has 3 rings (SSSR count).